The minimum atomic E-state index is -0.189. The summed E-state index contributed by atoms with van der Waals surface area (Å²) in [6.45, 7) is 2.96. The average molecular weight is 289 g/mol. The number of rotatable bonds is 3. The van der Waals surface area contributed by atoms with Gasteiger partial charge in [-0.1, -0.05) is 0 Å². The Labute approximate surface area is 101 Å². The third kappa shape index (κ3) is 2.81. The van der Waals surface area contributed by atoms with Crippen molar-refractivity contribution in [2.24, 2.45) is 0 Å². The standard InChI is InChI=1S/C9H13BrN4O2/c10-7-8(13-5-14-9(7)15)12-3-6-4-16-2-1-11-6/h5-6,11H,1-4H2,(H2,12,13,14,15). The molecule has 1 aliphatic heterocycles. The molecular weight excluding hydrogens is 276 g/mol. The molecule has 2 heterocycles. The first-order valence-corrected chi connectivity index (χ1v) is 5.85. The van der Waals surface area contributed by atoms with E-state index in [1.54, 1.807) is 0 Å². The molecule has 1 aliphatic rings. The van der Waals surface area contributed by atoms with E-state index in [-0.39, 0.29) is 11.6 Å². The fourth-order valence-electron chi connectivity index (χ4n) is 1.48. The maximum atomic E-state index is 11.3. The summed E-state index contributed by atoms with van der Waals surface area (Å²) in [5.41, 5.74) is -0.189. The number of anilines is 1. The normalized spacial score (nSPS) is 20.7. The van der Waals surface area contributed by atoms with Crippen molar-refractivity contribution in [3.05, 3.63) is 21.2 Å². The van der Waals surface area contributed by atoms with E-state index in [2.05, 4.69) is 36.5 Å². The van der Waals surface area contributed by atoms with E-state index in [1.807, 2.05) is 0 Å². The van der Waals surface area contributed by atoms with E-state index in [0.29, 0.717) is 23.4 Å². The van der Waals surface area contributed by atoms with Gasteiger partial charge < -0.3 is 20.4 Å². The third-order valence-corrected chi connectivity index (χ3v) is 3.05. The van der Waals surface area contributed by atoms with E-state index in [4.69, 9.17) is 4.74 Å². The second-order valence-corrected chi connectivity index (χ2v) is 4.29. The number of aromatic amines is 1. The summed E-state index contributed by atoms with van der Waals surface area (Å²) in [7, 11) is 0. The van der Waals surface area contributed by atoms with Gasteiger partial charge in [-0.3, -0.25) is 4.79 Å². The van der Waals surface area contributed by atoms with Crippen molar-refractivity contribution in [2.45, 2.75) is 6.04 Å². The van der Waals surface area contributed by atoms with Crippen molar-refractivity contribution in [3.63, 3.8) is 0 Å². The zero-order valence-electron chi connectivity index (χ0n) is 8.62. The summed E-state index contributed by atoms with van der Waals surface area (Å²) in [6.07, 6.45) is 1.38. The molecule has 1 saturated heterocycles. The van der Waals surface area contributed by atoms with Crippen LogP contribution in [0.2, 0.25) is 0 Å². The fourth-order valence-corrected chi connectivity index (χ4v) is 1.83. The Kier molecular flexibility index (Phi) is 3.92. The predicted octanol–water partition coefficient (Wildman–Crippen LogP) is -0.0673. The molecule has 1 aromatic rings. The van der Waals surface area contributed by atoms with Gasteiger partial charge in [0.2, 0.25) is 0 Å². The molecule has 88 valence electrons. The molecule has 0 bridgehead atoms. The number of nitrogens with one attached hydrogen (secondary N) is 3. The van der Waals surface area contributed by atoms with Crippen molar-refractivity contribution in [2.75, 3.05) is 31.6 Å². The average Bonchev–Trinajstić information content (AvgIpc) is 2.32. The minimum Gasteiger partial charge on any atom is -0.378 e. The maximum absolute atomic E-state index is 11.3. The second kappa shape index (κ2) is 5.42. The van der Waals surface area contributed by atoms with Crippen molar-refractivity contribution in [1.82, 2.24) is 15.3 Å². The molecule has 1 fully saturated rings. The van der Waals surface area contributed by atoms with Crippen LogP contribution in [0.1, 0.15) is 0 Å². The summed E-state index contributed by atoms with van der Waals surface area (Å²) in [5, 5.41) is 6.41. The smallest absolute Gasteiger partial charge is 0.267 e. The highest BCUT2D eigenvalue weighted by Gasteiger charge is 2.13. The third-order valence-electron chi connectivity index (χ3n) is 2.31. The summed E-state index contributed by atoms with van der Waals surface area (Å²) in [6, 6.07) is 0.252. The van der Waals surface area contributed by atoms with Crippen LogP contribution in [0, 0.1) is 0 Å². The number of morpholine rings is 1. The van der Waals surface area contributed by atoms with Gasteiger partial charge in [0.15, 0.2) is 0 Å². The topological polar surface area (TPSA) is 79.0 Å². The number of halogens is 1. The van der Waals surface area contributed by atoms with E-state index in [0.717, 1.165) is 13.2 Å². The summed E-state index contributed by atoms with van der Waals surface area (Å²) < 4.78 is 5.74. The van der Waals surface area contributed by atoms with Gasteiger partial charge in [-0.25, -0.2) is 4.98 Å². The van der Waals surface area contributed by atoms with Gasteiger partial charge in [0.05, 0.1) is 19.5 Å². The Bertz CT molecular complexity index is 403. The highest BCUT2D eigenvalue weighted by atomic mass is 79.9. The van der Waals surface area contributed by atoms with Crippen LogP contribution in [-0.2, 0) is 4.74 Å². The van der Waals surface area contributed by atoms with Gasteiger partial charge in [0.1, 0.15) is 10.3 Å². The van der Waals surface area contributed by atoms with Crippen LogP contribution in [0.3, 0.4) is 0 Å². The predicted molar refractivity (Wildman–Crippen MR) is 63.7 cm³/mol. The lowest BCUT2D eigenvalue weighted by Crippen LogP contribution is -2.45. The van der Waals surface area contributed by atoms with Crippen molar-refractivity contribution < 1.29 is 4.74 Å². The zero-order valence-corrected chi connectivity index (χ0v) is 10.2. The van der Waals surface area contributed by atoms with E-state index in [1.165, 1.54) is 6.33 Å². The van der Waals surface area contributed by atoms with Crippen molar-refractivity contribution in [3.8, 4) is 0 Å². The molecule has 2 rings (SSSR count). The van der Waals surface area contributed by atoms with Crippen LogP contribution in [0.25, 0.3) is 0 Å². The van der Waals surface area contributed by atoms with Gasteiger partial charge in [0.25, 0.3) is 5.56 Å². The maximum Gasteiger partial charge on any atom is 0.267 e. The molecule has 7 heteroatoms. The number of aromatic nitrogens is 2. The second-order valence-electron chi connectivity index (χ2n) is 3.50. The Morgan fingerprint density at radius 3 is 3.31 bits per heavy atom. The van der Waals surface area contributed by atoms with Crippen LogP contribution >= 0.6 is 15.9 Å². The van der Waals surface area contributed by atoms with Crippen LogP contribution in [0.15, 0.2) is 15.6 Å². The molecular formula is C9H13BrN4O2. The minimum absolute atomic E-state index is 0.189. The monoisotopic (exact) mass is 288 g/mol. The molecule has 1 aromatic heterocycles. The number of hydrogen-bond acceptors (Lipinski definition) is 5. The number of H-pyrrole nitrogens is 1. The Balaban J connectivity index is 1.93. The van der Waals surface area contributed by atoms with Gasteiger partial charge in [-0.2, -0.15) is 0 Å². The lowest BCUT2D eigenvalue weighted by Gasteiger charge is -2.24. The van der Waals surface area contributed by atoms with Crippen molar-refractivity contribution in [1.29, 1.82) is 0 Å². The highest BCUT2D eigenvalue weighted by molar-refractivity contribution is 9.10. The molecule has 1 unspecified atom stereocenters. The molecule has 0 aromatic carbocycles. The molecule has 16 heavy (non-hydrogen) atoms. The van der Waals surface area contributed by atoms with E-state index in [9.17, 15) is 4.79 Å². The number of nitrogens with zero attached hydrogens (tertiary/aromatic N) is 1. The molecule has 0 spiro atoms. The SMILES string of the molecule is O=c1[nH]cnc(NCC2COCCN2)c1Br. The van der Waals surface area contributed by atoms with Gasteiger partial charge in [-0.05, 0) is 15.9 Å². The van der Waals surface area contributed by atoms with Gasteiger partial charge in [0, 0.05) is 19.1 Å². The fraction of sp³-hybridized carbons (Fsp3) is 0.556. The Morgan fingerprint density at radius 2 is 2.56 bits per heavy atom. The molecule has 1 atom stereocenters. The zero-order chi connectivity index (χ0) is 11.4. The highest BCUT2D eigenvalue weighted by Crippen LogP contribution is 2.12. The molecule has 0 aliphatic carbocycles. The molecule has 0 radical (unpaired) electrons. The molecule has 0 saturated carbocycles. The molecule has 0 amide bonds. The summed E-state index contributed by atoms with van der Waals surface area (Å²) in [4.78, 5) is 17.8. The Morgan fingerprint density at radius 1 is 1.69 bits per heavy atom. The summed E-state index contributed by atoms with van der Waals surface area (Å²) in [5.74, 6) is 0.552. The first-order chi connectivity index (χ1) is 7.77. The quantitative estimate of drug-likeness (QED) is 0.726. The van der Waals surface area contributed by atoms with E-state index < -0.39 is 0 Å². The lowest BCUT2D eigenvalue weighted by molar-refractivity contribution is 0.0806. The summed E-state index contributed by atoms with van der Waals surface area (Å²) >= 11 is 3.18. The van der Waals surface area contributed by atoms with Crippen LogP contribution < -0.4 is 16.2 Å². The van der Waals surface area contributed by atoms with Gasteiger partial charge in [-0.15, -0.1) is 0 Å². The number of hydrogen-bond donors (Lipinski definition) is 3. The van der Waals surface area contributed by atoms with Crippen LogP contribution in [0.4, 0.5) is 5.82 Å². The van der Waals surface area contributed by atoms with Crippen molar-refractivity contribution >= 4 is 21.7 Å². The molecule has 3 N–H and O–H groups in total. The van der Waals surface area contributed by atoms with Crippen LogP contribution in [0.5, 0.6) is 0 Å². The first-order valence-electron chi connectivity index (χ1n) is 5.05. The molecule has 6 nitrogen and oxygen atoms in total. The number of ether oxygens (including phenoxy) is 1. The van der Waals surface area contributed by atoms with Gasteiger partial charge >= 0.3 is 0 Å². The van der Waals surface area contributed by atoms with Crippen LogP contribution in [-0.4, -0.2) is 42.3 Å². The van der Waals surface area contributed by atoms with E-state index >= 15 is 0 Å². The largest absolute Gasteiger partial charge is 0.378 e. The first kappa shape index (κ1) is 11.6. The lowest BCUT2D eigenvalue weighted by atomic mass is 10.3. The Hall–Kier alpha value is -0.920.